The normalized spacial score (nSPS) is 16.7. The van der Waals surface area contributed by atoms with Gasteiger partial charge in [0.25, 0.3) is 5.91 Å². The fourth-order valence-corrected chi connectivity index (χ4v) is 2.63. The van der Waals surface area contributed by atoms with E-state index in [9.17, 15) is 4.79 Å². The summed E-state index contributed by atoms with van der Waals surface area (Å²) < 4.78 is 0. The van der Waals surface area contributed by atoms with Gasteiger partial charge in [0, 0.05) is 18.2 Å². The summed E-state index contributed by atoms with van der Waals surface area (Å²) >= 11 is 11.9. The van der Waals surface area contributed by atoms with E-state index < -0.39 is 0 Å². The first-order chi connectivity index (χ1) is 10.6. The van der Waals surface area contributed by atoms with E-state index in [2.05, 4.69) is 20.6 Å². The Morgan fingerprint density at radius 3 is 2.74 bits per heavy atom. The van der Waals surface area contributed by atoms with Crippen LogP contribution in [0.2, 0.25) is 10.0 Å². The van der Waals surface area contributed by atoms with Gasteiger partial charge in [-0.05, 0) is 31.2 Å². The third-order valence-corrected chi connectivity index (χ3v) is 4.25. The minimum atomic E-state index is -0.197. The number of amides is 1. The highest BCUT2D eigenvalue weighted by atomic mass is 35.5. The second-order valence-corrected chi connectivity index (χ2v) is 5.89. The Morgan fingerprint density at radius 2 is 2.04 bits per heavy atom. The number of nitrogens with zero attached hydrogens (tertiary/aromatic N) is 2. The Balaban J connectivity index is 0.00000192. The maximum Gasteiger partial charge on any atom is 0.270 e. The fourth-order valence-electron chi connectivity index (χ4n) is 2.33. The van der Waals surface area contributed by atoms with Gasteiger partial charge in [-0.15, -0.1) is 12.4 Å². The molecule has 5 nitrogen and oxygen atoms in total. The summed E-state index contributed by atoms with van der Waals surface area (Å²) in [6, 6.07) is 7.02. The molecule has 2 aromatic rings. The molecule has 1 aromatic heterocycles. The van der Waals surface area contributed by atoms with Crippen molar-refractivity contribution >= 4 is 41.5 Å². The Labute approximate surface area is 150 Å². The van der Waals surface area contributed by atoms with Crippen molar-refractivity contribution in [3.8, 4) is 11.3 Å². The number of halogens is 3. The van der Waals surface area contributed by atoms with E-state index in [0.717, 1.165) is 25.1 Å². The van der Waals surface area contributed by atoms with Crippen molar-refractivity contribution < 1.29 is 4.79 Å². The third-order valence-electron chi connectivity index (χ3n) is 3.51. The molecule has 1 aliphatic heterocycles. The van der Waals surface area contributed by atoms with Crippen molar-refractivity contribution in [1.82, 2.24) is 20.6 Å². The number of nitrogens with one attached hydrogen (secondary N) is 2. The number of carbonyl (C=O) groups is 1. The molecule has 2 N–H and O–H groups in total. The van der Waals surface area contributed by atoms with Crippen molar-refractivity contribution in [2.45, 2.75) is 12.5 Å². The van der Waals surface area contributed by atoms with Crippen LogP contribution in [0, 0.1) is 0 Å². The van der Waals surface area contributed by atoms with E-state index in [0.29, 0.717) is 21.4 Å². The van der Waals surface area contributed by atoms with E-state index in [-0.39, 0.29) is 24.4 Å². The Hall–Kier alpha value is -1.40. The first-order valence-corrected chi connectivity index (χ1v) is 7.68. The topological polar surface area (TPSA) is 66.9 Å². The number of carbonyl (C=O) groups excluding carboxylic acids is 1. The molecule has 0 bridgehead atoms. The fraction of sp³-hybridized carbons (Fsp3) is 0.267. The van der Waals surface area contributed by atoms with Gasteiger partial charge >= 0.3 is 0 Å². The highest BCUT2D eigenvalue weighted by Crippen LogP contribution is 2.27. The average Bonchev–Trinajstić information content (AvgIpc) is 3.03. The van der Waals surface area contributed by atoms with Crippen molar-refractivity contribution in [2.75, 3.05) is 13.1 Å². The minimum absolute atomic E-state index is 0. The highest BCUT2D eigenvalue weighted by Gasteiger charge is 2.18. The number of hydrogen-bond donors (Lipinski definition) is 2. The molecule has 8 heteroatoms. The number of hydrogen-bond acceptors (Lipinski definition) is 4. The van der Waals surface area contributed by atoms with Gasteiger partial charge < -0.3 is 10.6 Å². The molecule has 0 spiro atoms. The van der Waals surface area contributed by atoms with Crippen LogP contribution < -0.4 is 10.6 Å². The molecule has 1 atom stereocenters. The lowest BCUT2D eigenvalue weighted by molar-refractivity contribution is 0.0935. The van der Waals surface area contributed by atoms with Crippen LogP contribution in [0.1, 0.15) is 16.9 Å². The van der Waals surface area contributed by atoms with Crippen LogP contribution in [0.5, 0.6) is 0 Å². The van der Waals surface area contributed by atoms with Gasteiger partial charge in [0.2, 0.25) is 0 Å². The van der Waals surface area contributed by atoms with Gasteiger partial charge in [0.05, 0.1) is 15.7 Å². The smallest absolute Gasteiger partial charge is 0.270 e. The molecule has 122 valence electrons. The van der Waals surface area contributed by atoms with Crippen LogP contribution in [0.15, 0.2) is 30.6 Å². The summed E-state index contributed by atoms with van der Waals surface area (Å²) in [6.07, 6.45) is 2.30. The zero-order valence-electron chi connectivity index (χ0n) is 12.1. The summed E-state index contributed by atoms with van der Waals surface area (Å²) in [7, 11) is 0. The lowest BCUT2D eigenvalue weighted by Crippen LogP contribution is -2.36. The number of rotatable bonds is 3. The molecule has 1 fully saturated rings. The molecule has 1 saturated heterocycles. The van der Waals surface area contributed by atoms with Gasteiger partial charge in [-0.3, -0.25) is 4.79 Å². The second kappa shape index (κ2) is 7.93. The van der Waals surface area contributed by atoms with Crippen LogP contribution in [0.4, 0.5) is 0 Å². The lowest BCUT2D eigenvalue weighted by Gasteiger charge is -2.11. The summed E-state index contributed by atoms with van der Waals surface area (Å²) in [5.74, 6) is -0.197. The van der Waals surface area contributed by atoms with E-state index in [1.807, 2.05) is 0 Å². The van der Waals surface area contributed by atoms with Gasteiger partial charge in [0.15, 0.2) is 0 Å². The van der Waals surface area contributed by atoms with Crippen LogP contribution in [0.3, 0.4) is 0 Å². The molecule has 0 unspecified atom stereocenters. The average molecular weight is 374 g/mol. The van der Waals surface area contributed by atoms with Gasteiger partial charge in [0.1, 0.15) is 12.0 Å². The van der Waals surface area contributed by atoms with Crippen molar-refractivity contribution in [1.29, 1.82) is 0 Å². The highest BCUT2D eigenvalue weighted by molar-refractivity contribution is 6.42. The van der Waals surface area contributed by atoms with Crippen LogP contribution >= 0.6 is 35.6 Å². The zero-order chi connectivity index (χ0) is 15.5. The molecular formula is C15H15Cl3N4O. The third kappa shape index (κ3) is 4.32. The first kappa shape index (κ1) is 17.9. The predicted molar refractivity (Wildman–Crippen MR) is 93.5 cm³/mol. The van der Waals surface area contributed by atoms with E-state index in [1.165, 1.54) is 6.33 Å². The summed E-state index contributed by atoms with van der Waals surface area (Å²) in [6.45, 7) is 1.71. The summed E-state index contributed by atoms with van der Waals surface area (Å²) in [5, 5.41) is 7.08. The van der Waals surface area contributed by atoms with Crippen molar-refractivity contribution in [3.05, 3.63) is 46.3 Å². The molecule has 0 radical (unpaired) electrons. The van der Waals surface area contributed by atoms with Crippen molar-refractivity contribution in [2.24, 2.45) is 0 Å². The Kier molecular flexibility index (Phi) is 6.18. The maximum atomic E-state index is 12.2. The Morgan fingerprint density at radius 1 is 1.22 bits per heavy atom. The summed E-state index contributed by atoms with van der Waals surface area (Å²) in [4.78, 5) is 20.5. The number of benzene rings is 1. The van der Waals surface area contributed by atoms with E-state index in [1.54, 1.807) is 24.3 Å². The molecule has 3 rings (SSSR count). The van der Waals surface area contributed by atoms with Gasteiger partial charge in [-0.2, -0.15) is 0 Å². The monoisotopic (exact) mass is 372 g/mol. The van der Waals surface area contributed by atoms with E-state index in [4.69, 9.17) is 23.2 Å². The SMILES string of the molecule is Cl.O=C(N[C@H]1CCNC1)c1cc(-c2ccc(Cl)c(Cl)c2)ncn1. The molecule has 23 heavy (non-hydrogen) atoms. The molecule has 0 aliphatic carbocycles. The first-order valence-electron chi connectivity index (χ1n) is 6.92. The van der Waals surface area contributed by atoms with Crippen molar-refractivity contribution in [3.63, 3.8) is 0 Å². The largest absolute Gasteiger partial charge is 0.347 e. The zero-order valence-corrected chi connectivity index (χ0v) is 14.4. The van der Waals surface area contributed by atoms with E-state index >= 15 is 0 Å². The van der Waals surface area contributed by atoms with Gasteiger partial charge in [-0.1, -0.05) is 29.3 Å². The van der Waals surface area contributed by atoms with Crippen LogP contribution in [-0.4, -0.2) is 35.0 Å². The molecular weight excluding hydrogens is 359 g/mol. The molecule has 1 aromatic carbocycles. The molecule has 1 amide bonds. The molecule has 1 aliphatic rings. The van der Waals surface area contributed by atoms with Gasteiger partial charge in [-0.25, -0.2) is 9.97 Å². The predicted octanol–water partition coefficient (Wildman–Crippen LogP) is 2.96. The molecule has 2 heterocycles. The standard InChI is InChI=1S/C15H14Cl2N4O.ClH/c16-11-2-1-9(5-12(11)17)13-6-14(20-8-19-13)15(22)21-10-3-4-18-7-10;/h1-2,5-6,8,10,18H,3-4,7H2,(H,21,22);1H/t10-;/m0./s1. The second-order valence-electron chi connectivity index (χ2n) is 5.08. The molecule has 0 saturated carbocycles. The van der Waals surface area contributed by atoms with Crippen LogP contribution in [-0.2, 0) is 0 Å². The minimum Gasteiger partial charge on any atom is -0.347 e. The maximum absolute atomic E-state index is 12.2. The Bertz CT molecular complexity index is 705. The number of aromatic nitrogens is 2. The van der Waals surface area contributed by atoms with Crippen LogP contribution in [0.25, 0.3) is 11.3 Å². The quantitative estimate of drug-likeness (QED) is 0.868. The lowest BCUT2D eigenvalue weighted by atomic mass is 10.1. The summed E-state index contributed by atoms with van der Waals surface area (Å²) in [5.41, 5.74) is 1.75.